The molecule has 1 aliphatic rings. The Balaban J connectivity index is 1.96. The van der Waals surface area contributed by atoms with Gasteiger partial charge in [-0.25, -0.2) is 0 Å². The summed E-state index contributed by atoms with van der Waals surface area (Å²) >= 11 is 0. The topological polar surface area (TPSA) is 20.3 Å². The van der Waals surface area contributed by atoms with Gasteiger partial charge in [-0.2, -0.15) is 0 Å². The van der Waals surface area contributed by atoms with Crippen molar-refractivity contribution in [2.45, 2.75) is 19.4 Å². The van der Waals surface area contributed by atoms with Gasteiger partial charge in [0.25, 0.3) is 0 Å². The van der Waals surface area contributed by atoms with Crippen LogP contribution in [0.5, 0.6) is 0 Å². The van der Waals surface area contributed by atoms with Crippen LogP contribution in [0.3, 0.4) is 0 Å². The molecule has 84 valence electrons. The largest absolute Gasteiger partial charge is 0.338 e. The molecular weight excluding hydrogens is 198 g/mol. The summed E-state index contributed by atoms with van der Waals surface area (Å²) < 4.78 is 0. The Hall–Kier alpha value is -1.57. The van der Waals surface area contributed by atoms with Crippen LogP contribution in [0.15, 0.2) is 43.0 Å². The lowest BCUT2D eigenvalue weighted by molar-refractivity contribution is -0.128. The maximum Gasteiger partial charge on any atom is 0.223 e. The fourth-order valence-corrected chi connectivity index (χ4v) is 2.20. The number of benzene rings is 1. The van der Waals surface area contributed by atoms with Gasteiger partial charge in [0.1, 0.15) is 0 Å². The quantitative estimate of drug-likeness (QED) is 0.707. The van der Waals surface area contributed by atoms with Crippen molar-refractivity contribution in [3.8, 4) is 0 Å². The van der Waals surface area contributed by atoms with Gasteiger partial charge in [0.15, 0.2) is 0 Å². The smallest absolute Gasteiger partial charge is 0.223 e. The zero-order valence-electron chi connectivity index (χ0n) is 9.43. The van der Waals surface area contributed by atoms with Gasteiger partial charge in [-0.1, -0.05) is 36.4 Å². The van der Waals surface area contributed by atoms with Crippen LogP contribution in [-0.4, -0.2) is 17.4 Å². The van der Waals surface area contributed by atoms with Crippen molar-refractivity contribution in [2.24, 2.45) is 5.92 Å². The standard InChI is InChI=1S/C14H17NO/c1-2-6-13-9-14(16)15(11-13)10-12-7-4-3-5-8-12/h2-5,7-8,13H,1,6,9-11H2. The molecular formula is C14H17NO. The van der Waals surface area contributed by atoms with Crippen LogP contribution in [0.25, 0.3) is 0 Å². The van der Waals surface area contributed by atoms with E-state index in [-0.39, 0.29) is 5.91 Å². The minimum Gasteiger partial charge on any atom is -0.338 e. The first-order valence-electron chi connectivity index (χ1n) is 5.72. The molecule has 1 aliphatic heterocycles. The number of amides is 1. The number of hydrogen-bond acceptors (Lipinski definition) is 1. The summed E-state index contributed by atoms with van der Waals surface area (Å²) in [5, 5.41) is 0. The molecule has 1 amide bonds. The lowest BCUT2D eigenvalue weighted by atomic mass is 10.1. The molecule has 16 heavy (non-hydrogen) atoms. The zero-order chi connectivity index (χ0) is 11.4. The molecule has 1 unspecified atom stereocenters. The molecule has 0 aliphatic carbocycles. The Morgan fingerprint density at radius 3 is 2.81 bits per heavy atom. The van der Waals surface area contributed by atoms with Crippen LogP contribution in [-0.2, 0) is 11.3 Å². The average Bonchev–Trinajstić information content (AvgIpc) is 2.61. The Morgan fingerprint density at radius 2 is 2.12 bits per heavy atom. The van der Waals surface area contributed by atoms with Crippen molar-refractivity contribution in [1.29, 1.82) is 0 Å². The van der Waals surface area contributed by atoms with Crippen LogP contribution in [0.1, 0.15) is 18.4 Å². The molecule has 1 heterocycles. The lowest BCUT2D eigenvalue weighted by Crippen LogP contribution is -2.24. The summed E-state index contributed by atoms with van der Waals surface area (Å²) in [4.78, 5) is 13.7. The fraction of sp³-hybridized carbons (Fsp3) is 0.357. The van der Waals surface area contributed by atoms with Crippen LogP contribution >= 0.6 is 0 Å². The molecule has 0 bridgehead atoms. The summed E-state index contributed by atoms with van der Waals surface area (Å²) in [6.07, 6.45) is 3.53. The van der Waals surface area contributed by atoms with Crippen LogP contribution in [0.4, 0.5) is 0 Å². The Labute approximate surface area is 96.6 Å². The van der Waals surface area contributed by atoms with Gasteiger partial charge >= 0.3 is 0 Å². The zero-order valence-corrected chi connectivity index (χ0v) is 9.43. The van der Waals surface area contributed by atoms with Crippen LogP contribution in [0.2, 0.25) is 0 Å². The Morgan fingerprint density at radius 1 is 1.38 bits per heavy atom. The number of likely N-dealkylation sites (tertiary alicyclic amines) is 1. The van der Waals surface area contributed by atoms with Crippen molar-refractivity contribution in [2.75, 3.05) is 6.54 Å². The molecule has 0 aromatic heterocycles. The highest BCUT2D eigenvalue weighted by Crippen LogP contribution is 2.22. The van der Waals surface area contributed by atoms with Crippen molar-refractivity contribution in [1.82, 2.24) is 4.90 Å². The second-order valence-electron chi connectivity index (χ2n) is 4.35. The van der Waals surface area contributed by atoms with E-state index in [1.54, 1.807) is 0 Å². The first kappa shape index (κ1) is 10.9. The number of rotatable bonds is 4. The van der Waals surface area contributed by atoms with Crippen LogP contribution in [0, 0.1) is 5.92 Å². The van der Waals surface area contributed by atoms with E-state index in [1.165, 1.54) is 5.56 Å². The van der Waals surface area contributed by atoms with Gasteiger partial charge in [0.05, 0.1) is 0 Å². The fourth-order valence-electron chi connectivity index (χ4n) is 2.20. The molecule has 2 rings (SSSR count). The second-order valence-corrected chi connectivity index (χ2v) is 4.35. The third-order valence-corrected chi connectivity index (χ3v) is 3.01. The minimum atomic E-state index is 0.274. The van der Waals surface area contributed by atoms with Crippen molar-refractivity contribution in [3.05, 3.63) is 48.6 Å². The molecule has 0 radical (unpaired) electrons. The van der Waals surface area contributed by atoms with E-state index in [9.17, 15) is 4.79 Å². The second kappa shape index (κ2) is 4.97. The number of nitrogens with zero attached hydrogens (tertiary/aromatic N) is 1. The van der Waals surface area contributed by atoms with Gasteiger partial charge in [0, 0.05) is 19.5 Å². The third-order valence-electron chi connectivity index (χ3n) is 3.01. The molecule has 2 heteroatoms. The van der Waals surface area contributed by atoms with Crippen molar-refractivity contribution >= 4 is 5.91 Å². The normalized spacial score (nSPS) is 20.1. The minimum absolute atomic E-state index is 0.274. The molecule has 1 aromatic rings. The summed E-state index contributed by atoms with van der Waals surface area (Å²) in [5.74, 6) is 0.740. The summed E-state index contributed by atoms with van der Waals surface area (Å²) in [7, 11) is 0. The van der Waals surface area contributed by atoms with Crippen LogP contribution < -0.4 is 0 Å². The number of allylic oxidation sites excluding steroid dienone is 1. The predicted octanol–water partition coefficient (Wildman–Crippen LogP) is 2.61. The molecule has 0 saturated carbocycles. The van der Waals surface area contributed by atoms with Gasteiger partial charge in [-0.3, -0.25) is 4.79 Å². The van der Waals surface area contributed by atoms with E-state index >= 15 is 0 Å². The highest BCUT2D eigenvalue weighted by atomic mass is 16.2. The Kier molecular flexibility index (Phi) is 3.40. The number of carbonyl (C=O) groups excluding carboxylic acids is 1. The monoisotopic (exact) mass is 215 g/mol. The summed E-state index contributed by atoms with van der Waals surface area (Å²) in [6, 6.07) is 10.1. The van der Waals surface area contributed by atoms with E-state index in [2.05, 4.69) is 18.7 Å². The predicted molar refractivity (Wildman–Crippen MR) is 64.8 cm³/mol. The molecule has 1 fully saturated rings. The number of carbonyl (C=O) groups is 1. The van der Waals surface area contributed by atoms with E-state index in [4.69, 9.17) is 0 Å². The average molecular weight is 215 g/mol. The van der Waals surface area contributed by atoms with E-state index in [0.29, 0.717) is 12.3 Å². The highest BCUT2D eigenvalue weighted by Gasteiger charge is 2.28. The SMILES string of the molecule is C=CCC1CC(=O)N(Cc2ccccc2)C1. The van der Waals surface area contributed by atoms with Gasteiger partial charge in [0.2, 0.25) is 5.91 Å². The summed E-state index contributed by atoms with van der Waals surface area (Å²) in [6.45, 7) is 5.35. The highest BCUT2D eigenvalue weighted by molar-refractivity contribution is 5.78. The first-order valence-corrected chi connectivity index (χ1v) is 5.72. The first-order chi connectivity index (χ1) is 7.79. The third kappa shape index (κ3) is 2.51. The molecule has 1 atom stereocenters. The molecule has 1 saturated heterocycles. The number of hydrogen-bond donors (Lipinski definition) is 0. The van der Waals surface area contributed by atoms with Gasteiger partial charge in [-0.15, -0.1) is 6.58 Å². The Bertz CT molecular complexity index is 372. The van der Waals surface area contributed by atoms with E-state index in [0.717, 1.165) is 19.5 Å². The van der Waals surface area contributed by atoms with Crippen molar-refractivity contribution in [3.63, 3.8) is 0 Å². The van der Waals surface area contributed by atoms with Crippen molar-refractivity contribution < 1.29 is 4.79 Å². The van der Waals surface area contributed by atoms with Gasteiger partial charge < -0.3 is 4.90 Å². The summed E-state index contributed by atoms with van der Waals surface area (Å²) in [5.41, 5.74) is 1.20. The molecule has 1 aromatic carbocycles. The molecule has 0 N–H and O–H groups in total. The molecule has 2 nitrogen and oxygen atoms in total. The van der Waals surface area contributed by atoms with E-state index < -0.39 is 0 Å². The maximum absolute atomic E-state index is 11.8. The van der Waals surface area contributed by atoms with E-state index in [1.807, 2.05) is 29.2 Å². The molecule has 0 spiro atoms. The maximum atomic E-state index is 11.8. The van der Waals surface area contributed by atoms with Gasteiger partial charge in [-0.05, 0) is 17.9 Å². The lowest BCUT2D eigenvalue weighted by Gasteiger charge is -2.16.